The molecule has 0 saturated heterocycles. The molecule has 0 amide bonds. The third-order valence-electron chi connectivity index (χ3n) is 2.48. The van der Waals surface area contributed by atoms with Gasteiger partial charge in [0.05, 0.1) is 27.8 Å². The first-order valence-corrected chi connectivity index (χ1v) is 6.43. The van der Waals surface area contributed by atoms with Crippen LogP contribution in [-0.2, 0) is 13.1 Å². The van der Waals surface area contributed by atoms with E-state index in [0.29, 0.717) is 10.1 Å². The van der Waals surface area contributed by atoms with Gasteiger partial charge in [0.2, 0.25) is 0 Å². The van der Waals surface area contributed by atoms with Gasteiger partial charge in [0, 0.05) is 12.7 Å². The Balaban J connectivity index is 2.37. The van der Waals surface area contributed by atoms with Gasteiger partial charge in [-0.05, 0) is 42.5 Å². The Bertz CT molecular complexity index is 587. The average molecular weight is 344 g/mol. The summed E-state index contributed by atoms with van der Waals surface area (Å²) in [6, 6.07) is 2.00. The topological polar surface area (TPSA) is 52.7 Å². The molecule has 0 atom stereocenters. The van der Waals surface area contributed by atoms with Gasteiger partial charge >= 0.3 is 0 Å². The van der Waals surface area contributed by atoms with Crippen LogP contribution < -0.4 is 5.56 Å². The standard InChI is InChI=1S/C11H13IN4O/c1-3-16-9(4-8(2)14-16)6-15-7-13-5-10(12)11(15)17/h4-5,7H,3,6H2,1-2H3. The summed E-state index contributed by atoms with van der Waals surface area (Å²) in [6.45, 7) is 5.30. The Morgan fingerprint density at radius 3 is 2.94 bits per heavy atom. The van der Waals surface area contributed by atoms with Crippen LogP contribution in [0.4, 0.5) is 0 Å². The zero-order valence-electron chi connectivity index (χ0n) is 9.72. The van der Waals surface area contributed by atoms with Gasteiger partial charge in [0.25, 0.3) is 5.56 Å². The smallest absolute Gasteiger partial charge is 0.267 e. The van der Waals surface area contributed by atoms with Gasteiger partial charge in [-0.15, -0.1) is 0 Å². The number of aryl methyl sites for hydroxylation is 2. The normalized spacial score (nSPS) is 10.8. The molecule has 0 aliphatic heterocycles. The maximum absolute atomic E-state index is 11.9. The molecule has 0 N–H and O–H groups in total. The summed E-state index contributed by atoms with van der Waals surface area (Å²) in [5, 5.41) is 4.36. The molecule has 2 aromatic heterocycles. The number of hydrogen-bond acceptors (Lipinski definition) is 3. The van der Waals surface area contributed by atoms with Crippen molar-refractivity contribution in [3.05, 3.63) is 43.9 Å². The van der Waals surface area contributed by atoms with Gasteiger partial charge in [-0.1, -0.05) is 0 Å². The van der Waals surface area contributed by atoms with Crippen LogP contribution in [-0.4, -0.2) is 19.3 Å². The highest BCUT2D eigenvalue weighted by atomic mass is 127. The third kappa shape index (κ3) is 2.56. The predicted molar refractivity (Wildman–Crippen MR) is 73.0 cm³/mol. The summed E-state index contributed by atoms with van der Waals surface area (Å²) in [5.74, 6) is 0. The van der Waals surface area contributed by atoms with Crippen molar-refractivity contribution in [1.82, 2.24) is 19.3 Å². The van der Waals surface area contributed by atoms with Crippen molar-refractivity contribution >= 4 is 22.6 Å². The Morgan fingerprint density at radius 2 is 2.24 bits per heavy atom. The van der Waals surface area contributed by atoms with Gasteiger partial charge in [0.1, 0.15) is 0 Å². The molecule has 0 spiro atoms. The molecule has 0 bridgehead atoms. The molecule has 0 fully saturated rings. The molecule has 2 aromatic rings. The molecule has 90 valence electrons. The number of rotatable bonds is 3. The fourth-order valence-electron chi connectivity index (χ4n) is 1.71. The molecule has 0 saturated carbocycles. The van der Waals surface area contributed by atoms with Crippen LogP contribution in [0.3, 0.4) is 0 Å². The molecular formula is C11H13IN4O. The second-order valence-electron chi connectivity index (χ2n) is 3.77. The minimum atomic E-state index is -0.0119. The van der Waals surface area contributed by atoms with Crippen molar-refractivity contribution in [3.63, 3.8) is 0 Å². The Morgan fingerprint density at radius 1 is 1.47 bits per heavy atom. The summed E-state index contributed by atoms with van der Waals surface area (Å²) >= 11 is 2.00. The minimum absolute atomic E-state index is 0.0119. The summed E-state index contributed by atoms with van der Waals surface area (Å²) in [4.78, 5) is 15.9. The second-order valence-corrected chi connectivity index (χ2v) is 4.93. The second kappa shape index (κ2) is 4.99. The first-order valence-electron chi connectivity index (χ1n) is 5.35. The van der Waals surface area contributed by atoms with Crippen LogP contribution >= 0.6 is 22.6 Å². The van der Waals surface area contributed by atoms with Gasteiger partial charge in [-0.2, -0.15) is 5.10 Å². The molecule has 5 nitrogen and oxygen atoms in total. The van der Waals surface area contributed by atoms with Gasteiger partial charge in [-0.3, -0.25) is 14.0 Å². The van der Waals surface area contributed by atoms with Crippen molar-refractivity contribution in [2.24, 2.45) is 0 Å². The van der Waals surface area contributed by atoms with Crippen molar-refractivity contribution in [1.29, 1.82) is 0 Å². The lowest BCUT2D eigenvalue weighted by atomic mass is 10.3. The molecule has 0 aliphatic rings. The van der Waals surface area contributed by atoms with Crippen LogP contribution in [0, 0.1) is 10.5 Å². The Hall–Kier alpha value is -1.18. The average Bonchev–Trinajstić information content (AvgIpc) is 2.65. The van der Waals surface area contributed by atoms with E-state index in [1.54, 1.807) is 17.1 Å². The highest BCUT2D eigenvalue weighted by molar-refractivity contribution is 14.1. The summed E-state index contributed by atoms with van der Waals surface area (Å²) < 4.78 is 4.14. The maximum atomic E-state index is 11.9. The third-order valence-corrected chi connectivity index (χ3v) is 3.22. The van der Waals surface area contributed by atoms with E-state index in [1.807, 2.05) is 47.2 Å². The quantitative estimate of drug-likeness (QED) is 0.792. The van der Waals surface area contributed by atoms with E-state index in [4.69, 9.17) is 0 Å². The van der Waals surface area contributed by atoms with Gasteiger partial charge in [-0.25, -0.2) is 4.98 Å². The van der Waals surface area contributed by atoms with Crippen LogP contribution in [0.25, 0.3) is 0 Å². The minimum Gasteiger partial charge on any atom is -0.292 e. The summed E-state index contributed by atoms with van der Waals surface area (Å²) in [7, 11) is 0. The highest BCUT2D eigenvalue weighted by Crippen LogP contribution is 2.05. The highest BCUT2D eigenvalue weighted by Gasteiger charge is 2.07. The molecular weight excluding hydrogens is 331 g/mol. The van der Waals surface area contributed by atoms with E-state index in [1.165, 1.54) is 0 Å². The Kier molecular flexibility index (Phi) is 3.60. The van der Waals surface area contributed by atoms with Crippen molar-refractivity contribution < 1.29 is 0 Å². The molecule has 2 rings (SSSR count). The molecule has 0 aromatic carbocycles. The molecule has 2 heterocycles. The Labute approximate surface area is 113 Å². The van der Waals surface area contributed by atoms with E-state index in [0.717, 1.165) is 17.9 Å². The number of nitrogens with zero attached hydrogens (tertiary/aromatic N) is 4. The molecule has 17 heavy (non-hydrogen) atoms. The van der Waals surface area contributed by atoms with E-state index < -0.39 is 0 Å². The lowest BCUT2D eigenvalue weighted by molar-refractivity contribution is 0.587. The predicted octanol–water partition coefficient (Wildman–Crippen LogP) is 1.42. The maximum Gasteiger partial charge on any atom is 0.267 e. The number of hydrogen-bond donors (Lipinski definition) is 0. The van der Waals surface area contributed by atoms with Crippen molar-refractivity contribution in [2.45, 2.75) is 26.9 Å². The van der Waals surface area contributed by atoms with E-state index in [-0.39, 0.29) is 5.56 Å². The van der Waals surface area contributed by atoms with E-state index in [9.17, 15) is 4.79 Å². The molecule has 0 radical (unpaired) electrons. The SMILES string of the molecule is CCn1nc(C)cc1Cn1cncc(I)c1=O. The van der Waals surface area contributed by atoms with Crippen LogP contribution in [0.2, 0.25) is 0 Å². The summed E-state index contributed by atoms with van der Waals surface area (Å²) in [6.07, 6.45) is 3.13. The van der Waals surface area contributed by atoms with E-state index in [2.05, 4.69) is 10.1 Å². The monoisotopic (exact) mass is 344 g/mol. The van der Waals surface area contributed by atoms with Gasteiger partial charge in [0.15, 0.2) is 0 Å². The number of aromatic nitrogens is 4. The molecule has 0 unspecified atom stereocenters. The lowest BCUT2D eigenvalue weighted by Gasteiger charge is -2.07. The fraction of sp³-hybridized carbons (Fsp3) is 0.364. The largest absolute Gasteiger partial charge is 0.292 e. The van der Waals surface area contributed by atoms with E-state index >= 15 is 0 Å². The zero-order valence-corrected chi connectivity index (χ0v) is 11.9. The van der Waals surface area contributed by atoms with Crippen molar-refractivity contribution in [3.8, 4) is 0 Å². The van der Waals surface area contributed by atoms with Crippen LogP contribution in [0.1, 0.15) is 18.3 Å². The first-order chi connectivity index (χ1) is 8.11. The fourth-order valence-corrected chi connectivity index (χ4v) is 2.18. The summed E-state index contributed by atoms with van der Waals surface area (Å²) in [5.41, 5.74) is 1.98. The molecule has 0 aliphatic carbocycles. The van der Waals surface area contributed by atoms with Gasteiger partial charge < -0.3 is 0 Å². The van der Waals surface area contributed by atoms with Crippen LogP contribution in [0.15, 0.2) is 23.4 Å². The lowest BCUT2D eigenvalue weighted by Crippen LogP contribution is -2.24. The first kappa shape index (κ1) is 12.3. The zero-order chi connectivity index (χ0) is 12.4. The van der Waals surface area contributed by atoms with Crippen LogP contribution in [0.5, 0.6) is 0 Å². The number of halogens is 1. The van der Waals surface area contributed by atoms with Crippen molar-refractivity contribution in [2.75, 3.05) is 0 Å². The molecule has 6 heteroatoms.